The van der Waals surface area contributed by atoms with Crippen molar-refractivity contribution in [1.82, 2.24) is 0 Å². The van der Waals surface area contributed by atoms with Crippen molar-refractivity contribution in [2.75, 3.05) is 4.90 Å². The Balaban J connectivity index is 1.74. The lowest BCUT2D eigenvalue weighted by atomic mass is 10.1. The molecule has 0 aliphatic carbocycles. The standard InChI is InChI=1S/C22H17NOS/c24-22-21(15-17-9-3-1-4-10-17)25-20-14-8-7-13-19(20)23(22)16-18-11-5-2-6-12-18/h1-15H,16H2/b21-15+. The summed E-state index contributed by atoms with van der Waals surface area (Å²) in [4.78, 5) is 16.9. The molecule has 0 N–H and O–H groups in total. The molecule has 4 rings (SSSR count). The van der Waals surface area contributed by atoms with Gasteiger partial charge in [0.15, 0.2) is 0 Å². The number of hydrogen-bond acceptors (Lipinski definition) is 2. The van der Waals surface area contributed by atoms with Gasteiger partial charge in [-0.1, -0.05) is 84.6 Å². The minimum absolute atomic E-state index is 0.0522. The fourth-order valence-corrected chi connectivity index (χ4v) is 3.94. The van der Waals surface area contributed by atoms with E-state index in [1.54, 1.807) is 11.8 Å². The van der Waals surface area contributed by atoms with Crippen LogP contribution in [0.2, 0.25) is 0 Å². The summed E-state index contributed by atoms with van der Waals surface area (Å²) in [5, 5.41) is 0. The van der Waals surface area contributed by atoms with Gasteiger partial charge >= 0.3 is 0 Å². The number of amides is 1. The van der Waals surface area contributed by atoms with Gasteiger partial charge in [0, 0.05) is 4.90 Å². The highest BCUT2D eigenvalue weighted by Gasteiger charge is 2.28. The zero-order valence-corrected chi connectivity index (χ0v) is 14.4. The number of fused-ring (bicyclic) bond motifs is 1. The van der Waals surface area contributed by atoms with Crippen LogP contribution in [0.5, 0.6) is 0 Å². The summed E-state index contributed by atoms with van der Waals surface area (Å²) < 4.78 is 0. The molecule has 0 spiro atoms. The van der Waals surface area contributed by atoms with Crippen LogP contribution in [0.1, 0.15) is 11.1 Å². The Hall–Kier alpha value is -2.78. The molecule has 0 radical (unpaired) electrons. The Bertz CT molecular complexity index is 919. The molecule has 1 amide bonds. The zero-order chi connectivity index (χ0) is 17.1. The van der Waals surface area contributed by atoms with Gasteiger partial charge in [-0.05, 0) is 29.3 Å². The monoisotopic (exact) mass is 343 g/mol. The average Bonchev–Trinajstić information content (AvgIpc) is 2.67. The molecule has 3 aromatic carbocycles. The molecule has 0 bridgehead atoms. The van der Waals surface area contributed by atoms with Gasteiger partial charge in [0.2, 0.25) is 0 Å². The van der Waals surface area contributed by atoms with Crippen molar-refractivity contribution in [2.24, 2.45) is 0 Å². The Labute approximate surface area is 151 Å². The number of benzene rings is 3. The second-order valence-corrected chi connectivity index (χ2v) is 6.95. The molecule has 0 aromatic heterocycles. The van der Waals surface area contributed by atoms with Gasteiger partial charge in [-0.15, -0.1) is 0 Å². The summed E-state index contributed by atoms with van der Waals surface area (Å²) >= 11 is 1.54. The molecule has 3 aromatic rings. The third kappa shape index (κ3) is 3.37. The number of carbonyl (C=O) groups excluding carboxylic acids is 1. The van der Waals surface area contributed by atoms with Gasteiger partial charge in [-0.3, -0.25) is 4.79 Å². The van der Waals surface area contributed by atoms with Crippen LogP contribution in [0.15, 0.2) is 94.7 Å². The minimum Gasteiger partial charge on any atom is -0.302 e. The summed E-state index contributed by atoms with van der Waals surface area (Å²) in [6.45, 7) is 0.573. The predicted molar refractivity (Wildman–Crippen MR) is 104 cm³/mol. The fourth-order valence-electron chi connectivity index (χ4n) is 2.89. The van der Waals surface area contributed by atoms with E-state index in [-0.39, 0.29) is 5.91 Å². The summed E-state index contributed by atoms with van der Waals surface area (Å²) in [5.41, 5.74) is 3.14. The van der Waals surface area contributed by atoms with Crippen molar-refractivity contribution in [3.8, 4) is 0 Å². The molecule has 1 heterocycles. The van der Waals surface area contributed by atoms with E-state index in [1.165, 1.54) is 0 Å². The van der Waals surface area contributed by atoms with Crippen molar-refractivity contribution in [2.45, 2.75) is 11.4 Å². The molecule has 2 nitrogen and oxygen atoms in total. The quantitative estimate of drug-likeness (QED) is 0.596. The molecule has 1 aliphatic rings. The van der Waals surface area contributed by atoms with Crippen molar-refractivity contribution < 1.29 is 4.79 Å². The van der Waals surface area contributed by atoms with E-state index in [0.29, 0.717) is 6.54 Å². The number of anilines is 1. The summed E-state index contributed by atoms with van der Waals surface area (Å²) in [5.74, 6) is 0.0522. The van der Waals surface area contributed by atoms with Crippen LogP contribution in [0.25, 0.3) is 6.08 Å². The predicted octanol–water partition coefficient (Wildman–Crippen LogP) is 5.37. The molecule has 0 saturated carbocycles. The van der Waals surface area contributed by atoms with Crippen LogP contribution in [0, 0.1) is 0 Å². The fraction of sp³-hybridized carbons (Fsp3) is 0.0455. The molecule has 0 atom stereocenters. The molecule has 122 valence electrons. The number of rotatable bonds is 3. The lowest BCUT2D eigenvalue weighted by Crippen LogP contribution is -2.33. The van der Waals surface area contributed by atoms with Gasteiger partial charge in [0.1, 0.15) is 0 Å². The highest BCUT2D eigenvalue weighted by Crippen LogP contribution is 2.42. The van der Waals surface area contributed by atoms with Crippen LogP contribution < -0.4 is 4.90 Å². The van der Waals surface area contributed by atoms with Crippen LogP contribution >= 0.6 is 11.8 Å². The first kappa shape index (κ1) is 15.7. The van der Waals surface area contributed by atoms with E-state index in [0.717, 1.165) is 26.6 Å². The summed E-state index contributed by atoms with van der Waals surface area (Å²) in [6, 6.07) is 28.2. The lowest BCUT2D eigenvalue weighted by molar-refractivity contribution is -0.114. The Morgan fingerprint density at radius 3 is 2.20 bits per heavy atom. The first-order valence-corrected chi connectivity index (χ1v) is 9.02. The second-order valence-electron chi connectivity index (χ2n) is 5.87. The van der Waals surface area contributed by atoms with Gasteiger partial charge in [0.05, 0.1) is 17.1 Å². The van der Waals surface area contributed by atoms with E-state index in [1.807, 2.05) is 77.7 Å². The number of carbonyl (C=O) groups is 1. The number of para-hydroxylation sites is 1. The molecular weight excluding hydrogens is 326 g/mol. The maximum atomic E-state index is 13.1. The van der Waals surface area contributed by atoms with E-state index in [9.17, 15) is 4.79 Å². The van der Waals surface area contributed by atoms with Crippen molar-refractivity contribution in [1.29, 1.82) is 0 Å². The molecule has 0 fully saturated rings. The van der Waals surface area contributed by atoms with E-state index in [4.69, 9.17) is 0 Å². The first-order chi connectivity index (χ1) is 12.3. The Morgan fingerprint density at radius 2 is 1.44 bits per heavy atom. The van der Waals surface area contributed by atoms with Crippen LogP contribution in [-0.2, 0) is 11.3 Å². The maximum Gasteiger partial charge on any atom is 0.265 e. The molecule has 0 unspecified atom stereocenters. The lowest BCUT2D eigenvalue weighted by Gasteiger charge is -2.30. The second kappa shape index (κ2) is 6.99. The smallest absolute Gasteiger partial charge is 0.265 e. The molecule has 1 aliphatic heterocycles. The number of hydrogen-bond donors (Lipinski definition) is 0. The first-order valence-electron chi connectivity index (χ1n) is 8.21. The van der Waals surface area contributed by atoms with Crippen molar-refractivity contribution in [3.05, 3.63) is 101 Å². The Kier molecular flexibility index (Phi) is 4.40. The SMILES string of the molecule is O=C1/C(=C\c2ccccc2)Sc2ccccc2N1Cc1ccccc1. The summed E-state index contributed by atoms with van der Waals surface area (Å²) in [6.07, 6.45) is 1.97. The average molecular weight is 343 g/mol. The van der Waals surface area contributed by atoms with Gasteiger partial charge in [-0.25, -0.2) is 0 Å². The topological polar surface area (TPSA) is 20.3 Å². The van der Waals surface area contributed by atoms with Crippen molar-refractivity contribution in [3.63, 3.8) is 0 Å². The van der Waals surface area contributed by atoms with Crippen LogP contribution in [0.4, 0.5) is 5.69 Å². The Morgan fingerprint density at radius 1 is 0.800 bits per heavy atom. The molecule has 0 saturated heterocycles. The van der Waals surface area contributed by atoms with E-state index >= 15 is 0 Å². The number of nitrogens with zero attached hydrogens (tertiary/aromatic N) is 1. The summed E-state index contributed by atoms with van der Waals surface area (Å²) in [7, 11) is 0. The molecule has 25 heavy (non-hydrogen) atoms. The highest BCUT2D eigenvalue weighted by molar-refractivity contribution is 8.04. The van der Waals surface area contributed by atoms with Crippen LogP contribution in [-0.4, -0.2) is 5.91 Å². The highest BCUT2D eigenvalue weighted by atomic mass is 32.2. The maximum absolute atomic E-state index is 13.1. The van der Waals surface area contributed by atoms with E-state index in [2.05, 4.69) is 18.2 Å². The van der Waals surface area contributed by atoms with Gasteiger partial charge < -0.3 is 4.90 Å². The normalized spacial score (nSPS) is 15.3. The molecular formula is C22H17NOS. The van der Waals surface area contributed by atoms with E-state index < -0.39 is 0 Å². The molecule has 3 heteroatoms. The number of thioether (sulfide) groups is 1. The van der Waals surface area contributed by atoms with Crippen molar-refractivity contribution >= 4 is 29.4 Å². The van der Waals surface area contributed by atoms with Gasteiger partial charge in [-0.2, -0.15) is 0 Å². The third-order valence-corrected chi connectivity index (χ3v) is 5.19. The minimum atomic E-state index is 0.0522. The van der Waals surface area contributed by atoms with Crippen LogP contribution in [0.3, 0.4) is 0 Å². The largest absolute Gasteiger partial charge is 0.302 e. The third-order valence-electron chi connectivity index (χ3n) is 4.11. The zero-order valence-electron chi connectivity index (χ0n) is 13.6. The van der Waals surface area contributed by atoms with Gasteiger partial charge in [0.25, 0.3) is 5.91 Å².